The van der Waals surface area contributed by atoms with Crippen molar-refractivity contribution in [2.45, 2.75) is 57.5 Å². The zero-order valence-corrected chi connectivity index (χ0v) is 16.1. The topological polar surface area (TPSA) is 90.0 Å². The molecule has 1 aliphatic carbocycles. The maximum absolute atomic E-state index is 13.1. The molecule has 8 heteroatoms. The van der Waals surface area contributed by atoms with Gasteiger partial charge in [-0.2, -0.15) is 0 Å². The van der Waals surface area contributed by atoms with Gasteiger partial charge in [0.1, 0.15) is 17.0 Å². The molecule has 1 N–H and O–H groups in total. The van der Waals surface area contributed by atoms with E-state index < -0.39 is 5.56 Å². The average molecular weight is 398 g/mol. The van der Waals surface area contributed by atoms with Crippen LogP contribution in [0.3, 0.4) is 0 Å². The minimum absolute atomic E-state index is 0.0241. The highest BCUT2D eigenvalue weighted by Gasteiger charge is 2.18. The molecular weight excluding hydrogens is 375 g/mol. The zero-order chi connectivity index (χ0) is 20.2. The van der Waals surface area contributed by atoms with Crippen molar-refractivity contribution >= 4 is 17.0 Å². The zero-order valence-electron chi connectivity index (χ0n) is 16.1. The molecule has 0 bridgehead atoms. The van der Waals surface area contributed by atoms with Gasteiger partial charge in [0.2, 0.25) is 5.91 Å². The number of benzene rings is 1. The summed E-state index contributed by atoms with van der Waals surface area (Å²) in [6.45, 7) is 0.215. The fourth-order valence-electron chi connectivity index (χ4n) is 3.76. The van der Waals surface area contributed by atoms with E-state index in [0.717, 1.165) is 25.7 Å². The predicted octanol–water partition coefficient (Wildman–Crippen LogP) is 3.42. The lowest BCUT2D eigenvalue weighted by molar-refractivity contribution is -0.122. The van der Waals surface area contributed by atoms with Gasteiger partial charge in [-0.3, -0.25) is 14.2 Å². The van der Waals surface area contributed by atoms with Gasteiger partial charge in [-0.25, -0.2) is 9.37 Å². The predicted molar refractivity (Wildman–Crippen MR) is 106 cm³/mol. The van der Waals surface area contributed by atoms with Crippen LogP contribution >= 0.6 is 0 Å². The smallest absolute Gasteiger partial charge is 0.299 e. The average Bonchev–Trinajstić information content (AvgIpc) is 2.99. The van der Waals surface area contributed by atoms with Crippen molar-refractivity contribution < 1.29 is 13.7 Å². The van der Waals surface area contributed by atoms with Gasteiger partial charge in [-0.05, 0) is 37.1 Å². The third-order valence-electron chi connectivity index (χ3n) is 5.37. The summed E-state index contributed by atoms with van der Waals surface area (Å²) in [7, 11) is 0. The Labute approximate surface area is 166 Å². The molecule has 0 unspecified atom stereocenters. The first-order chi connectivity index (χ1) is 14.1. The maximum Gasteiger partial charge on any atom is 0.299 e. The van der Waals surface area contributed by atoms with Crippen LogP contribution in [0.4, 0.5) is 4.39 Å². The van der Waals surface area contributed by atoms with Crippen molar-refractivity contribution in [1.29, 1.82) is 0 Å². The summed E-state index contributed by atoms with van der Waals surface area (Å²) in [5.74, 6) is -0.424. The molecule has 1 fully saturated rings. The Hall–Kier alpha value is -3.03. The van der Waals surface area contributed by atoms with Crippen LogP contribution in [0.25, 0.3) is 22.4 Å². The van der Waals surface area contributed by atoms with E-state index in [9.17, 15) is 14.0 Å². The third-order valence-corrected chi connectivity index (χ3v) is 5.37. The standard InChI is InChI=1S/C21H23FN4O3/c22-15-9-7-14(8-10-15)18-19-20(29-25-18)21(28)26(13-23-19)12-11-17(27)24-16-5-3-1-2-4-6-16/h7-10,13,16H,1-6,11-12H2,(H,24,27). The normalized spacial score (nSPS) is 15.3. The first-order valence-corrected chi connectivity index (χ1v) is 10.0. The molecule has 7 nitrogen and oxygen atoms in total. The molecule has 0 saturated heterocycles. The number of rotatable bonds is 5. The van der Waals surface area contributed by atoms with Crippen molar-refractivity contribution in [1.82, 2.24) is 20.0 Å². The molecule has 2 aromatic heterocycles. The number of hydrogen-bond acceptors (Lipinski definition) is 5. The van der Waals surface area contributed by atoms with Crippen molar-refractivity contribution in [3.05, 3.63) is 46.8 Å². The van der Waals surface area contributed by atoms with Crippen LogP contribution in [-0.2, 0) is 11.3 Å². The number of amides is 1. The number of aromatic nitrogens is 3. The second kappa shape index (κ2) is 8.55. The monoisotopic (exact) mass is 398 g/mol. The van der Waals surface area contributed by atoms with Gasteiger partial charge in [-0.1, -0.05) is 30.8 Å². The quantitative estimate of drug-likeness (QED) is 0.665. The molecule has 0 spiro atoms. The van der Waals surface area contributed by atoms with Gasteiger partial charge < -0.3 is 9.84 Å². The number of carbonyl (C=O) groups excluding carboxylic acids is 1. The summed E-state index contributed by atoms with van der Waals surface area (Å²) in [4.78, 5) is 29.2. The summed E-state index contributed by atoms with van der Waals surface area (Å²) in [5, 5.41) is 7.00. The number of halogens is 1. The first kappa shape index (κ1) is 19.3. The van der Waals surface area contributed by atoms with Gasteiger partial charge in [0.25, 0.3) is 11.1 Å². The van der Waals surface area contributed by atoms with Crippen LogP contribution in [-0.4, -0.2) is 26.7 Å². The Morgan fingerprint density at radius 1 is 1.17 bits per heavy atom. The largest absolute Gasteiger partial charge is 0.353 e. The molecule has 1 aliphatic rings. The van der Waals surface area contributed by atoms with Crippen molar-refractivity contribution in [3.8, 4) is 11.3 Å². The fraction of sp³-hybridized carbons (Fsp3) is 0.429. The van der Waals surface area contributed by atoms with Crippen molar-refractivity contribution in [3.63, 3.8) is 0 Å². The molecular formula is C21H23FN4O3. The van der Waals surface area contributed by atoms with Gasteiger partial charge in [-0.15, -0.1) is 0 Å². The van der Waals surface area contributed by atoms with Gasteiger partial charge in [0.15, 0.2) is 0 Å². The van der Waals surface area contributed by atoms with Crippen LogP contribution in [0, 0.1) is 5.82 Å². The van der Waals surface area contributed by atoms with E-state index in [2.05, 4.69) is 15.5 Å². The molecule has 29 heavy (non-hydrogen) atoms. The van der Waals surface area contributed by atoms with E-state index in [4.69, 9.17) is 4.52 Å². The first-order valence-electron chi connectivity index (χ1n) is 10.0. The number of nitrogens with one attached hydrogen (secondary N) is 1. The van der Waals surface area contributed by atoms with E-state index in [1.54, 1.807) is 12.1 Å². The lowest BCUT2D eigenvalue weighted by Crippen LogP contribution is -2.35. The van der Waals surface area contributed by atoms with E-state index in [1.165, 1.54) is 35.9 Å². The second-order valence-corrected chi connectivity index (χ2v) is 7.46. The third kappa shape index (κ3) is 4.36. The van der Waals surface area contributed by atoms with E-state index in [-0.39, 0.29) is 36.3 Å². The molecule has 3 aromatic rings. The Kier molecular flexibility index (Phi) is 5.69. The molecule has 1 amide bonds. The molecule has 0 radical (unpaired) electrons. The summed E-state index contributed by atoms with van der Waals surface area (Å²) in [6.07, 6.45) is 8.37. The number of fused-ring (bicyclic) bond motifs is 1. The summed E-state index contributed by atoms with van der Waals surface area (Å²) in [5.41, 5.74) is 0.947. The fourth-order valence-corrected chi connectivity index (χ4v) is 3.76. The van der Waals surface area contributed by atoms with Gasteiger partial charge in [0.05, 0.1) is 6.33 Å². The number of nitrogens with zero attached hydrogens (tertiary/aromatic N) is 3. The Bertz CT molecular complexity index is 1050. The summed E-state index contributed by atoms with van der Waals surface area (Å²) >= 11 is 0. The lowest BCUT2D eigenvalue weighted by Gasteiger charge is -2.16. The van der Waals surface area contributed by atoms with E-state index in [1.807, 2.05) is 0 Å². The second-order valence-electron chi connectivity index (χ2n) is 7.46. The van der Waals surface area contributed by atoms with Crippen LogP contribution in [0.1, 0.15) is 44.9 Å². The van der Waals surface area contributed by atoms with Crippen LogP contribution in [0.2, 0.25) is 0 Å². The van der Waals surface area contributed by atoms with Crippen LogP contribution in [0.15, 0.2) is 39.9 Å². The molecule has 0 atom stereocenters. The number of carbonyl (C=O) groups is 1. The number of hydrogen-bond donors (Lipinski definition) is 1. The number of aryl methyl sites for hydroxylation is 1. The van der Waals surface area contributed by atoms with Crippen molar-refractivity contribution in [2.24, 2.45) is 0 Å². The minimum atomic E-state index is -0.391. The highest BCUT2D eigenvalue weighted by Crippen LogP contribution is 2.24. The Morgan fingerprint density at radius 2 is 1.90 bits per heavy atom. The Balaban J connectivity index is 1.46. The highest BCUT2D eigenvalue weighted by atomic mass is 19.1. The van der Waals surface area contributed by atoms with E-state index >= 15 is 0 Å². The van der Waals surface area contributed by atoms with Crippen LogP contribution < -0.4 is 10.9 Å². The van der Waals surface area contributed by atoms with Crippen LogP contribution in [0.5, 0.6) is 0 Å². The van der Waals surface area contributed by atoms with Gasteiger partial charge >= 0.3 is 0 Å². The molecule has 152 valence electrons. The summed E-state index contributed by atoms with van der Waals surface area (Å²) < 4.78 is 19.7. The lowest BCUT2D eigenvalue weighted by atomic mass is 10.1. The van der Waals surface area contributed by atoms with Gasteiger partial charge in [0, 0.05) is 24.6 Å². The minimum Gasteiger partial charge on any atom is -0.353 e. The summed E-state index contributed by atoms with van der Waals surface area (Å²) in [6, 6.07) is 5.96. The molecule has 1 saturated carbocycles. The van der Waals surface area contributed by atoms with Crippen molar-refractivity contribution in [2.75, 3.05) is 0 Å². The highest BCUT2D eigenvalue weighted by molar-refractivity contribution is 5.87. The molecule has 0 aliphatic heterocycles. The maximum atomic E-state index is 13.1. The molecule has 2 heterocycles. The van der Waals surface area contributed by atoms with E-state index in [0.29, 0.717) is 16.8 Å². The molecule has 1 aromatic carbocycles. The Morgan fingerprint density at radius 3 is 2.62 bits per heavy atom. The molecule has 4 rings (SSSR count). The SMILES string of the molecule is O=C(CCn1cnc2c(-c3ccc(F)cc3)noc2c1=O)NC1CCCCCC1.